The molecule has 0 aliphatic carbocycles. The van der Waals surface area contributed by atoms with E-state index in [0.717, 1.165) is 41.9 Å². The average Bonchev–Trinajstić information content (AvgIpc) is 2.67. The molecule has 19 heavy (non-hydrogen) atoms. The molecule has 0 radical (unpaired) electrons. The highest BCUT2D eigenvalue weighted by atomic mass is 16.3. The number of benzene rings is 1. The predicted octanol–water partition coefficient (Wildman–Crippen LogP) is 2.59. The Hall–Kier alpha value is -1.55. The maximum atomic E-state index is 9.48. The molecular formula is C15H23N3O. The lowest BCUT2D eigenvalue weighted by Crippen LogP contribution is -2.24. The van der Waals surface area contributed by atoms with E-state index in [0.29, 0.717) is 0 Å². The molecule has 0 aliphatic rings. The van der Waals surface area contributed by atoms with E-state index in [4.69, 9.17) is 5.73 Å². The van der Waals surface area contributed by atoms with Crippen LogP contribution in [0.4, 0.5) is 5.69 Å². The van der Waals surface area contributed by atoms with E-state index in [2.05, 4.69) is 30.3 Å². The molecule has 0 saturated heterocycles. The Bertz CT molecular complexity index is 572. The van der Waals surface area contributed by atoms with Gasteiger partial charge in [-0.05, 0) is 24.6 Å². The summed E-state index contributed by atoms with van der Waals surface area (Å²) in [5, 5.41) is 9.48. The highest BCUT2D eigenvalue weighted by Gasteiger charge is 2.21. The zero-order chi connectivity index (χ0) is 14.0. The number of hydrogen-bond donors (Lipinski definition) is 2. The number of nitrogens with zero attached hydrogens (tertiary/aromatic N) is 2. The van der Waals surface area contributed by atoms with Crippen molar-refractivity contribution in [3.8, 4) is 0 Å². The van der Waals surface area contributed by atoms with Gasteiger partial charge in [-0.2, -0.15) is 0 Å². The summed E-state index contributed by atoms with van der Waals surface area (Å²) < 4.78 is 2.22. The van der Waals surface area contributed by atoms with Crippen LogP contribution in [0, 0.1) is 5.41 Å². The Morgan fingerprint density at radius 1 is 1.37 bits per heavy atom. The van der Waals surface area contributed by atoms with Crippen LogP contribution in [0.5, 0.6) is 0 Å². The van der Waals surface area contributed by atoms with Crippen LogP contribution in [-0.2, 0) is 13.0 Å². The molecule has 1 aromatic heterocycles. The van der Waals surface area contributed by atoms with Gasteiger partial charge in [-0.25, -0.2) is 4.98 Å². The second-order valence-corrected chi connectivity index (χ2v) is 5.93. The number of imidazole rings is 1. The SMILES string of the molecule is CCCc1nc2cc(N)ccc2n1CC(C)(C)CO. The number of aryl methyl sites for hydroxylation is 1. The van der Waals surface area contributed by atoms with Gasteiger partial charge >= 0.3 is 0 Å². The minimum absolute atomic E-state index is 0.155. The lowest BCUT2D eigenvalue weighted by Gasteiger charge is -2.23. The molecule has 0 amide bonds. The van der Waals surface area contributed by atoms with E-state index < -0.39 is 0 Å². The summed E-state index contributed by atoms with van der Waals surface area (Å²) in [5.74, 6) is 1.07. The number of anilines is 1. The summed E-state index contributed by atoms with van der Waals surface area (Å²) in [7, 11) is 0. The van der Waals surface area contributed by atoms with Gasteiger partial charge in [0.1, 0.15) is 5.82 Å². The summed E-state index contributed by atoms with van der Waals surface area (Å²) in [5.41, 5.74) is 8.44. The monoisotopic (exact) mass is 261 g/mol. The van der Waals surface area contributed by atoms with Crippen molar-refractivity contribution < 1.29 is 5.11 Å². The second kappa shape index (κ2) is 5.21. The molecule has 3 N–H and O–H groups in total. The zero-order valence-corrected chi connectivity index (χ0v) is 12.0. The summed E-state index contributed by atoms with van der Waals surface area (Å²) in [6.45, 7) is 7.19. The first kappa shape index (κ1) is 13.9. The molecule has 0 fully saturated rings. The first-order chi connectivity index (χ1) is 8.96. The predicted molar refractivity (Wildman–Crippen MR) is 79.0 cm³/mol. The van der Waals surface area contributed by atoms with Crippen molar-refractivity contribution in [2.24, 2.45) is 5.41 Å². The molecule has 2 rings (SSSR count). The number of aliphatic hydroxyl groups excluding tert-OH is 1. The number of nitrogen functional groups attached to an aromatic ring is 1. The van der Waals surface area contributed by atoms with Crippen LogP contribution in [0.25, 0.3) is 11.0 Å². The molecule has 1 aromatic carbocycles. The number of nitrogens with two attached hydrogens (primary N) is 1. The summed E-state index contributed by atoms with van der Waals surface area (Å²) in [6, 6.07) is 5.84. The molecule has 1 heterocycles. The van der Waals surface area contributed by atoms with Crippen LogP contribution < -0.4 is 5.73 Å². The van der Waals surface area contributed by atoms with Gasteiger partial charge in [0.2, 0.25) is 0 Å². The quantitative estimate of drug-likeness (QED) is 0.813. The Morgan fingerprint density at radius 3 is 2.74 bits per heavy atom. The van der Waals surface area contributed by atoms with Crippen LogP contribution >= 0.6 is 0 Å². The van der Waals surface area contributed by atoms with Crippen LogP contribution in [0.15, 0.2) is 18.2 Å². The van der Waals surface area contributed by atoms with Gasteiger partial charge < -0.3 is 15.4 Å². The lowest BCUT2D eigenvalue weighted by molar-refractivity contribution is 0.141. The van der Waals surface area contributed by atoms with Gasteiger partial charge in [0.15, 0.2) is 0 Å². The zero-order valence-electron chi connectivity index (χ0n) is 12.0. The number of hydrogen-bond acceptors (Lipinski definition) is 3. The van der Waals surface area contributed by atoms with Gasteiger partial charge in [-0.1, -0.05) is 20.8 Å². The molecular weight excluding hydrogens is 238 g/mol. The standard InChI is InChI=1S/C15H23N3O/c1-4-5-14-17-12-8-11(16)6-7-13(12)18(14)9-15(2,3)10-19/h6-8,19H,4-5,9-10,16H2,1-3H3. The number of rotatable bonds is 5. The molecule has 0 bridgehead atoms. The molecule has 0 unspecified atom stereocenters. The summed E-state index contributed by atoms with van der Waals surface area (Å²) in [4.78, 5) is 4.68. The van der Waals surface area contributed by atoms with Crippen molar-refractivity contribution in [3.05, 3.63) is 24.0 Å². The van der Waals surface area contributed by atoms with Crippen molar-refractivity contribution in [1.29, 1.82) is 0 Å². The van der Waals surface area contributed by atoms with Crippen LogP contribution in [0.2, 0.25) is 0 Å². The van der Waals surface area contributed by atoms with Gasteiger partial charge in [0, 0.05) is 30.7 Å². The molecule has 0 spiro atoms. The first-order valence-electron chi connectivity index (χ1n) is 6.82. The Morgan fingerprint density at radius 2 is 2.11 bits per heavy atom. The Kier molecular flexibility index (Phi) is 3.80. The third-order valence-corrected chi connectivity index (χ3v) is 3.34. The van der Waals surface area contributed by atoms with E-state index in [1.165, 1.54) is 0 Å². The van der Waals surface area contributed by atoms with E-state index in [9.17, 15) is 5.11 Å². The number of fused-ring (bicyclic) bond motifs is 1. The van der Waals surface area contributed by atoms with Gasteiger partial charge in [-0.15, -0.1) is 0 Å². The fraction of sp³-hybridized carbons (Fsp3) is 0.533. The van der Waals surface area contributed by atoms with Crippen molar-refractivity contribution in [2.45, 2.75) is 40.2 Å². The van der Waals surface area contributed by atoms with E-state index in [1.807, 2.05) is 18.2 Å². The largest absolute Gasteiger partial charge is 0.399 e. The maximum absolute atomic E-state index is 9.48. The van der Waals surface area contributed by atoms with Gasteiger partial charge in [0.05, 0.1) is 11.0 Å². The van der Waals surface area contributed by atoms with E-state index in [-0.39, 0.29) is 12.0 Å². The minimum Gasteiger partial charge on any atom is -0.399 e. The average molecular weight is 261 g/mol. The highest BCUT2D eigenvalue weighted by Crippen LogP contribution is 2.25. The first-order valence-corrected chi connectivity index (χ1v) is 6.82. The lowest BCUT2D eigenvalue weighted by atomic mass is 9.94. The van der Waals surface area contributed by atoms with E-state index in [1.54, 1.807) is 0 Å². The van der Waals surface area contributed by atoms with Crippen molar-refractivity contribution in [2.75, 3.05) is 12.3 Å². The van der Waals surface area contributed by atoms with Crippen molar-refractivity contribution in [3.63, 3.8) is 0 Å². The highest BCUT2D eigenvalue weighted by molar-refractivity contribution is 5.79. The topological polar surface area (TPSA) is 64.1 Å². The van der Waals surface area contributed by atoms with E-state index >= 15 is 0 Å². The molecule has 104 valence electrons. The third kappa shape index (κ3) is 2.89. The maximum Gasteiger partial charge on any atom is 0.109 e. The molecule has 0 saturated carbocycles. The molecule has 0 atom stereocenters. The second-order valence-electron chi connectivity index (χ2n) is 5.93. The molecule has 4 nitrogen and oxygen atoms in total. The fourth-order valence-corrected chi connectivity index (χ4v) is 2.27. The summed E-state index contributed by atoms with van der Waals surface area (Å²) >= 11 is 0. The fourth-order valence-electron chi connectivity index (χ4n) is 2.27. The molecule has 0 aliphatic heterocycles. The van der Waals surface area contributed by atoms with Crippen molar-refractivity contribution >= 4 is 16.7 Å². The smallest absolute Gasteiger partial charge is 0.109 e. The van der Waals surface area contributed by atoms with Gasteiger partial charge in [0.25, 0.3) is 0 Å². The minimum atomic E-state index is -0.155. The van der Waals surface area contributed by atoms with Crippen LogP contribution in [-0.4, -0.2) is 21.3 Å². The Balaban J connectivity index is 2.52. The van der Waals surface area contributed by atoms with Crippen molar-refractivity contribution in [1.82, 2.24) is 9.55 Å². The van der Waals surface area contributed by atoms with Crippen LogP contribution in [0.3, 0.4) is 0 Å². The number of aromatic nitrogens is 2. The number of aliphatic hydroxyl groups is 1. The van der Waals surface area contributed by atoms with Gasteiger partial charge in [-0.3, -0.25) is 0 Å². The van der Waals surface area contributed by atoms with Crippen LogP contribution in [0.1, 0.15) is 33.0 Å². The normalized spacial score (nSPS) is 12.2. The molecule has 4 heteroatoms. The summed E-state index contributed by atoms with van der Waals surface area (Å²) in [6.07, 6.45) is 1.99. The Labute approximate surface area is 114 Å². The molecule has 2 aromatic rings. The third-order valence-electron chi connectivity index (χ3n) is 3.34.